The Morgan fingerprint density at radius 2 is 2.00 bits per heavy atom. The van der Waals surface area contributed by atoms with Gasteiger partial charge in [-0.05, 0) is 25.0 Å². The molecule has 0 heterocycles. The first-order valence-electron chi connectivity index (χ1n) is 2.90. The van der Waals surface area contributed by atoms with Gasteiger partial charge in [0, 0.05) is 19.0 Å². The molecule has 0 aromatic carbocycles. The van der Waals surface area contributed by atoms with Crippen LogP contribution in [0.15, 0.2) is 24.4 Å². The van der Waals surface area contributed by atoms with Gasteiger partial charge in [-0.1, -0.05) is 12.7 Å². The Morgan fingerprint density at radius 3 is 2.00 bits per heavy atom. The molecule has 0 saturated carbocycles. The second-order valence-corrected chi connectivity index (χ2v) is 1.75. The molecule has 3 nitrogen and oxygen atoms in total. The maximum absolute atomic E-state index is 7.49. The predicted molar refractivity (Wildman–Crippen MR) is 52.8 cm³/mol. The molecule has 0 bridgehead atoms. The lowest BCUT2D eigenvalue weighted by Crippen LogP contribution is -2.01. The zero-order valence-corrected chi connectivity index (χ0v) is 8.03. The van der Waals surface area contributed by atoms with Gasteiger partial charge in [0.15, 0.2) is 0 Å². The van der Waals surface area contributed by atoms with Crippen molar-refractivity contribution in [3.05, 3.63) is 24.4 Å². The van der Waals surface area contributed by atoms with Crippen molar-refractivity contribution in [2.45, 2.75) is 6.92 Å². The number of allylic oxidation sites excluding steroid dienone is 2. The molecule has 0 aliphatic carbocycles. The van der Waals surface area contributed by atoms with Crippen molar-refractivity contribution < 1.29 is 10.0 Å². The Labute approximate surface area is 72.7 Å². The summed E-state index contributed by atoms with van der Waals surface area (Å²) >= 11 is 0.750. The monoisotopic (exact) mass is 179 g/mol. The molecule has 0 aromatic rings. The van der Waals surface area contributed by atoms with E-state index in [1.54, 1.807) is 12.3 Å². The molecule has 0 unspecified atom stereocenters. The molecular formula is C7H17NO2S. The third kappa shape index (κ3) is 17.7. The van der Waals surface area contributed by atoms with Crippen molar-refractivity contribution in [3.63, 3.8) is 0 Å². The molecule has 0 aliphatic heterocycles. The molecule has 0 rings (SSSR count). The van der Waals surface area contributed by atoms with Crippen LogP contribution in [0.4, 0.5) is 0 Å². The van der Waals surface area contributed by atoms with Gasteiger partial charge >= 0.3 is 0 Å². The van der Waals surface area contributed by atoms with Crippen LogP contribution in [0.3, 0.4) is 0 Å². The van der Waals surface area contributed by atoms with Crippen LogP contribution in [0.25, 0.3) is 0 Å². The number of hydrogen-bond donors (Lipinski definition) is 2. The van der Waals surface area contributed by atoms with Crippen molar-refractivity contribution in [3.8, 4) is 0 Å². The van der Waals surface area contributed by atoms with Gasteiger partial charge in [0.1, 0.15) is 0 Å². The summed E-state index contributed by atoms with van der Waals surface area (Å²) in [6.07, 6.45) is 5.34. The van der Waals surface area contributed by atoms with Crippen molar-refractivity contribution in [2.24, 2.45) is 0 Å². The summed E-state index contributed by atoms with van der Waals surface area (Å²) in [5, 5.41) is 2.94. The molecule has 0 aromatic heterocycles. The first kappa shape index (κ1) is 16.9. The number of nitrogens with one attached hydrogen (secondary N) is 1. The summed E-state index contributed by atoms with van der Waals surface area (Å²) in [7, 11) is 1.87. The Hall–Kier alpha value is -0.450. The van der Waals surface area contributed by atoms with E-state index in [4.69, 9.17) is 4.55 Å². The molecule has 0 saturated heterocycles. The minimum atomic E-state index is 0. The topological polar surface area (TPSA) is 63.8 Å². The van der Waals surface area contributed by atoms with E-state index in [1.165, 1.54) is 0 Å². The number of likely N-dealkylation sites (N-methyl/N-ethyl adjacent to an activating group) is 1. The Kier molecular flexibility index (Phi) is 25.0. The molecule has 0 fully saturated rings. The highest BCUT2D eigenvalue weighted by molar-refractivity contribution is 7.93. The lowest BCUT2D eigenvalue weighted by atomic mass is 10.4. The van der Waals surface area contributed by atoms with Crippen molar-refractivity contribution in [2.75, 3.05) is 13.3 Å². The van der Waals surface area contributed by atoms with E-state index in [1.807, 2.05) is 20.0 Å². The molecule has 0 radical (unpaired) electrons. The summed E-state index contributed by atoms with van der Waals surface area (Å²) in [4.78, 5) is 0. The summed E-state index contributed by atoms with van der Waals surface area (Å²) < 4.78 is 7.49. The van der Waals surface area contributed by atoms with Crippen LogP contribution in [0.5, 0.6) is 0 Å². The average molecular weight is 179 g/mol. The molecule has 4 N–H and O–H groups in total. The SMILES string of the molecule is C=C/C(=C\C)NC.CSO.O. The molecule has 68 valence electrons. The highest BCUT2D eigenvalue weighted by atomic mass is 32.2. The molecule has 0 spiro atoms. The summed E-state index contributed by atoms with van der Waals surface area (Å²) in [5.41, 5.74) is 1.07. The molecule has 0 aliphatic rings. The largest absolute Gasteiger partial charge is 0.412 e. The van der Waals surface area contributed by atoms with Crippen LogP contribution in [0.2, 0.25) is 0 Å². The van der Waals surface area contributed by atoms with Crippen molar-refractivity contribution in [1.29, 1.82) is 0 Å². The van der Waals surface area contributed by atoms with E-state index in [2.05, 4.69) is 11.9 Å². The third-order valence-electron chi connectivity index (χ3n) is 0.820. The summed E-state index contributed by atoms with van der Waals surface area (Å²) in [5.74, 6) is 0. The van der Waals surface area contributed by atoms with Crippen LogP contribution < -0.4 is 5.32 Å². The smallest absolute Gasteiger partial charge is 0.0288 e. The lowest BCUT2D eigenvalue weighted by molar-refractivity contribution is 0.669. The van der Waals surface area contributed by atoms with E-state index >= 15 is 0 Å². The van der Waals surface area contributed by atoms with Crippen molar-refractivity contribution >= 4 is 12.0 Å². The van der Waals surface area contributed by atoms with Gasteiger partial charge in [-0.2, -0.15) is 0 Å². The zero-order valence-electron chi connectivity index (χ0n) is 7.22. The van der Waals surface area contributed by atoms with Crippen LogP contribution in [-0.4, -0.2) is 23.3 Å². The minimum Gasteiger partial charge on any atom is -0.412 e. The average Bonchev–Trinajstić information content (AvgIpc) is 1.93. The first-order chi connectivity index (χ1) is 4.76. The van der Waals surface area contributed by atoms with E-state index < -0.39 is 0 Å². The second-order valence-electron chi connectivity index (χ2n) is 1.38. The van der Waals surface area contributed by atoms with Gasteiger partial charge in [-0.3, -0.25) is 0 Å². The van der Waals surface area contributed by atoms with Crippen LogP contribution in [0.1, 0.15) is 6.92 Å². The van der Waals surface area contributed by atoms with Crippen molar-refractivity contribution in [1.82, 2.24) is 5.32 Å². The summed E-state index contributed by atoms with van der Waals surface area (Å²) in [6.45, 7) is 5.54. The van der Waals surface area contributed by atoms with E-state index in [-0.39, 0.29) is 5.48 Å². The maximum Gasteiger partial charge on any atom is 0.0288 e. The summed E-state index contributed by atoms with van der Waals surface area (Å²) in [6, 6.07) is 0. The van der Waals surface area contributed by atoms with Crippen LogP contribution in [-0.2, 0) is 0 Å². The van der Waals surface area contributed by atoms with Gasteiger partial charge < -0.3 is 15.3 Å². The number of hydrogen-bond acceptors (Lipinski definition) is 3. The highest BCUT2D eigenvalue weighted by Gasteiger charge is 1.74. The van der Waals surface area contributed by atoms with Crippen LogP contribution >= 0.6 is 12.0 Å². The van der Waals surface area contributed by atoms with Gasteiger partial charge in [0.2, 0.25) is 0 Å². The number of rotatable bonds is 2. The predicted octanol–water partition coefficient (Wildman–Crippen LogP) is 1.29. The maximum atomic E-state index is 7.49. The zero-order chi connectivity index (χ0) is 8.41. The second kappa shape index (κ2) is 16.3. The molecule has 0 amide bonds. The molecular weight excluding hydrogens is 162 g/mol. The third-order valence-corrected chi connectivity index (χ3v) is 0.820. The van der Waals surface area contributed by atoms with Gasteiger partial charge in [-0.15, -0.1) is 0 Å². The fraction of sp³-hybridized carbons (Fsp3) is 0.429. The van der Waals surface area contributed by atoms with E-state index in [0.29, 0.717) is 0 Å². The normalized spacial score (nSPS) is 8.55. The Balaban J connectivity index is -0.000000140. The standard InChI is InChI=1S/C6H11N.CH4OS.H2O/c1-4-6(5-2)7-3;1-3-2;/h4-5,7H,1H2,2-3H3;2H,1H3;1H2/b6-5+;;. The van der Waals surface area contributed by atoms with Gasteiger partial charge in [0.05, 0.1) is 0 Å². The highest BCUT2D eigenvalue weighted by Crippen LogP contribution is 1.83. The van der Waals surface area contributed by atoms with Gasteiger partial charge in [-0.25, -0.2) is 0 Å². The molecule has 4 heteroatoms. The van der Waals surface area contributed by atoms with E-state index in [9.17, 15) is 0 Å². The van der Waals surface area contributed by atoms with Crippen LogP contribution in [0, 0.1) is 0 Å². The minimum absolute atomic E-state index is 0. The lowest BCUT2D eigenvalue weighted by Gasteiger charge is -1.93. The molecule has 11 heavy (non-hydrogen) atoms. The first-order valence-corrected chi connectivity index (χ1v) is 4.09. The van der Waals surface area contributed by atoms with Gasteiger partial charge in [0.25, 0.3) is 0 Å². The fourth-order valence-electron chi connectivity index (χ4n) is 0.364. The fourth-order valence-corrected chi connectivity index (χ4v) is 0.364. The van der Waals surface area contributed by atoms with E-state index in [0.717, 1.165) is 17.7 Å². The quantitative estimate of drug-likeness (QED) is 0.496. The Morgan fingerprint density at radius 1 is 1.64 bits per heavy atom. The Bertz CT molecular complexity index is 105. The molecule has 0 atom stereocenters.